The van der Waals surface area contributed by atoms with E-state index in [4.69, 9.17) is 0 Å². The van der Waals surface area contributed by atoms with Gasteiger partial charge in [0.25, 0.3) is 0 Å². The summed E-state index contributed by atoms with van der Waals surface area (Å²) in [6, 6.07) is 0. The Hall–Kier alpha value is -0.160. The number of thioether (sulfide) groups is 2. The summed E-state index contributed by atoms with van der Waals surface area (Å²) < 4.78 is 0. The van der Waals surface area contributed by atoms with Gasteiger partial charge in [0.1, 0.15) is 5.78 Å². The Bertz CT molecular complexity index is 297. The van der Waals surface area contributed by atoms with Crippen LogP contribution in [-0.4, -0.2) is 34.8 Å². The van der Waals surface area contributed by atoms with Crippen LogP contribution in [0.4, 0.5) is 0 Å². The Labute approximate surface area is 125 Å². The third-order valence-electron chi connectivity index (χ3n) is 3.54. The van der Waals surface area contributed by atoms with Crippen LogP contribution in [0.1, 0.15) is 45.4 Å². The molecule has 2 unspecified atom stereocenters. The molecular formula is C14H25NO2S2. The molecule has 1 saturated carbocycles. The number of ketones is 1. The Morgan fingerprint density at radius 2 is 2.00 bits per heavy atom. The van der Waals surface area contributed by atoms with Crippen molar-refractivity contribution in [2.45, 2.75) is 50.7 Å². The molecule has 0 heterocycles. The normalized spacial score (nSPS) is 21.8. The minimum atomic E-state index is 0.0118. The molecule has 0 saturated heterocycles. The number of hydrogen-bond donors (Lipinski definition) is 1. The molecule has 1 fully saturated rings. The van der Waals surface area contributed by atoms with Crippen LogP contribution in [0.5, 0.6) is 0 Å². The van der Waals surface area contributed by atoms with Crippen LogP contribution in [0.3, 0.4) is 0 Å². The van der Waals surface area contributed by atoms with E-state index in [1.807, 2.05) is 18.0 Å². The summed E-state index contributed by atoms with van der Waals surface area (Å²) in [4.78, 5) is 23.1. The van der Waals surface area contributed by atoms with Crippen LogP contribution in [0, 0.1) is 5.92 Å². The minimum Gasteiger partial charge on any atom is -0.347 e. The zero-order valence-corrected chi connectivity index (χ0v) is 13.6. The van der Waals surface area contributed by atoms with E-state index in [1.165, 1.54) is 12.8 Å². The van der Waals surface area contributed by atoms with Crippen LogP contribution in [0.25, 0.3) is 0 Å². The van der Waals surface area contributed by atoms with Gasteiger partial charge in [-0.2, -0.15) is 11.8 Å². The van der Waals surface area contributed by atoms with Gasteiger partial charge in [0, 0.05) is 24.5 Å². The van der Waals surface area contributed by atoms with Gasteiger partial charge in [-0.25, -0.2) is 0 Å². The van der Waals surface area contributed by atoms with Crippen LogP contribution in [-0.2, 0) is 9.59 Å². The summed E-state index contributed by atoms with van der Waals surface area (Å²) in [5, 5.41) is 3.61. The maximum absolute atomic E-state index is 11.6. The summed E-state index contributed by atoms with van der Waals surface area (Å²) >= 11 is 3.59. The van der Waals surface area contributed by atoms with Gasteiger partial charge in [0.2, 0.25) is 5.91 Å². The molecule has 0 aromatic rings. The summed E-state index contributed by atoms with van der Waals surface area (Å²) in [7, 11) is 0. The highest BCUT2D eigenvalue weighted by Crippen LogP contribution is 2.36. The van der Waals surface area contributed by atoms with E-state index >= 15 is 0 Å². The first-order valence-electron chi connectivity index (χ1n) is 7.02. The zero-order valence-electron chi connectivity index (χ0n) is 11.9. The van der Waals surface area contributed by atoms with E-state index in [0.717, 1.165) is 18.1 Å². The Morgan fingerprint density at radius 3 is 2.58 bits per heavy atom. The Balaban J connectivity index is 1.96. The third-order valence-corrected chi connectivity index (χ3v) is 5.68. The first-order valence-corrected chi connectivity index (χ1v) is 9.46. The third kappa shape index (κ3) is 7.25. The number of rotatable bonds is 10. The molecule has 0 bridgehead atoms. The number of carbonyl (C=O) groups is 2. The fourth-order valence-corrected chi connectivity index (χ4v) is 3.65. The molecular weight excluding hydrogens is 278 g/mol. The predicted molar refractivity (Wildman–Crippen MR) is 84.6 cm³/mol. The second kappa shape index (κ2) is 9.70. The van der Waals surface area contributed by atoms with Crippen LogP contribution in [0.2, 0.25) is 0 Å². The van der Waals surface area contributed by atoms with Crippen molar-refractivity contribution in [2.75, 3.05) is 17.9 Å². The summed E-state index contributed by atoms with van der Waals surface area (Å²) in [5.41, 5.74) is 0. The first-order chi connectivity index (χ1) is 9.13. The van der Waals surface area contributed by atoms with Crippen LogP contribution in [0.15, 0.2) is 0 Å². The Morgan fingerprint density at radius 1 is 1.21 bits per heavy atom. The van der Waals surface area contributed by atoms with Crippen molar-refractivity contribution in [1.29, 1.82) is 0 Å². The van der Waals surface area contributed by atoms with E-state index in [-0.39, 0.29) is 11.7 Å². The van der Waals surface area contributed by atoms with Crippen molar-refractivity contribution >= 4 is 35.2 Å². The summed E-state index contributed by atoms with van der Waals surface area (Å²) in [6.07, 6.45) is 6.91. The van der Waals surface area contributed by atoms with Crippen molar-refractivity contribution in [2.24, 2.45) is 5.92 Å². The summed E-state index contributed by atoms with van der Waals surface area (Å²) in [5.74, 6) is 2.73. The van der Waals surface area contributed by atoms with Gasteiger partial charge in [-0.3, -0.25) is 9.59 Å². The molecule has 0 spiro atoms. The van der Waals surface area contributed by atoms with Gasteiger partial charge in [-0.1, -0.05) is 6.92 Å². The zero-order chi connectivity index (χ0) is 14.1. The lowest BCUT2D eigenvalue weighted by atomic mass is 9.87. The van der Waals surface area contributed by atoms with Crippen LogP contribution >= 0.6 is 23.5 Å². The van der Waals surface area contributed by atoms with Crippen molar-refractivity contribution in [3.05, 3.63) is 0 Å². The van der Waals surface area contributed by atoms with Gasteiger partial charge in [-0.15, -0.1) is 11.8 Å². The topological polar surface area (TPSA) is 46.2 Å². The Kier molecular flexibility index (Phi) is 8.62. The highest BCUT2D eigenvalue weighted by molar-refractivity contribution is 7.99. The minimum absolute atomic E-state index is 0.0118. The molecule has 0 radical (unpaired) electrons. The smallest absolute Gasteiger partial charge is 0.221 e. The molecule has 0 aromatic carbocycles. The van der Waals surface area contributed by atoms with Crippen molar-refractivity contribution in [3.8, 4) is 0 Å². The monoisotopic (exact) mass is 303 g/mol. The highest BCUT2D eigenvalue weighted by atomic mass is 32.2. The molecule has 19 heavy (non-hydrogen) atoms. The average molecular weight is 303 g/mol. The molecule has 0 aromatic heterocycles. The number of hydrogen-bond acceptors (Lipinski definition) is 4. The number of amides is 1. The highest BCUT2D eigenvalue weighted by Gasteiger charge is 2.26. The van der Waals surface area contributed by atoms with E-state index in [9.17, 15) is 9.59 Å². The average Bonchev–Trinajstić information content (AvgIpc) is 2.39. The van der Waals surface area contributed by atoms with Crippen molar-refractivity contribution in [3.63, 3.8) is 0 Å². The van der Waals surface area contributed by atoms with Crippen LogP contribution < -0.4 is 5.32 Å². The van der Waals surface area contributed by atoms with Crippen molar-refractivity contribution in [1.82, 2.24) is 5.32 Å². The van der Waals surface area contributed by atoms with Gasteiger partial charge < -0.3 is 5.32 Å². The SMILES string of the molecule is CSCCCC(=O)CCC(=O)NCSC1CCC1C. The number of Topliss-reactive ketones (excluding diaryl/α,β-unsaturated/α-hetero) is 1. The molecule has 110 valence electrons. The van der Waals surface area contributed by atoms with E-state index in [0.29, 0.717) is 30.4 Å². The lowest BCUT2D eigenvalue weighted by Gasteiger charge is -2.33. The molecule has 2 atom stereocenters. The fraction of sp³-hybridized carbons (Fsp3) is 0.857. The van der Waals surface area contributed by atoms with Gasteiger partial charge in [-0.05, 0) is 37.2 Å². The second-order valence-electron chi connectivity index (χ2n) is 5.14. The van der Waals surface area contributed by atoms with E-state index < -0.39 is 0 Å². The quantitative estimate of drug-likeness (QED) is 0.497. The number of carbonyl (C=O) groups excluding carboxylic acids is 2. The summed E-state index contributed by atoms with van der Waals surface area (Å²) in [6.45, 7) is 2.26. The standard InChI is InChI=1S/C14H25NO2S2/c1-11-5-7-13(11)19-10-15-14(17)8-6-12(16)4-3-9-18-2/h11,13H,3-10H2,1-2H3,(H,15,17). The van der Waals surface area contributed by atoms with Gasteiger partial charge in [0.15, 0.2) is 0 Å². The lowest BCUT2D eigenvalue weighted by molar-refractivity contribution is -0.125. The maximum atomic E-state index is 11.6. The predicted octanol–water partition coefficient (Wildman–Crippen LogP) is 3.08. The largest absolute Gasteiger partial charge is 0.347 e. The maximum Gasteiger partial charge on any atom is 0.221 e. The molecule has 1 N–H and O–H groups in total. The molecule has 0 aliphatic heterocycles. The molecule has 3 nitrogen and oxygen atoms in total. The molecule has 1 aliphatic rings. The van der Waals surface area contributed by atoms with Gasteiger partial charge in [0.05, 0.1) is 5.88 Å². The molecule has 1 amide bonds. The van der Waals surface area contributed by atoms with Crippen molar-refractivity contribution < 1.29 is 9.59 Å². The fourth-order valence-electron chi connectivity index (χ4n) is 1.99. The molecule has 5 heteroatoms. The second-order valence-corrected chi connectivity index (χ2v) is 7.35. The molecule has 1 rings (SSSR count). The van der Waals surface area contributed by atoms with Gasteiger partial charge >= 0.3 is 0 Å². The van der Waals surface area contributed by atoms with E-state index in [2.05, 4.69) is 12.2 Å². The lowest BCUT2D eigenvalue weighted by Crippen LogP contribution is -2.30. The van der Waals surface area contributed by atoms with E-state index in [1.54, 1.807) is 11.8 Å². The number of nitrogens with one attached hydrogen (secondary N) is 1. The molecule has 1 aliphatic carbocycles. The first kappa shape index (κ1) is 16.9.